The van der Waals surface area contributed by atoms with Crippen molar-refractivity contribution in [3.8, 4) is 0 Å². The number of benzene rings is 2. The number of hydrazone groups is 1. The summed E-state index contributed by atoms with van der Waals surface area (Å²) in [6.07, 6.45) is 6.30. The molecule has 27 heavy (non-hydrogen) atoms. The fraction of sp³-hybridized carbons (Fsp3) is 0. The van der Waals surface area contributed by atoms with Gasteiger partial charge in [-0.05, 0) is 35.9 Å². The quantitative estimate of drug-likeness (QED) is 0.282. The lowest BCUT2D eigenvalue weighted by atomic mass is 10.2. The number of hydrogen-bond acceptors (Lipinski definition) is 5. The van der Waals surface area contributed by atoms with Crippen LogP contribution in [0.1, 0.15) is 11.3 Å². The van der Waals surface area contributed by atoms with Crippen LogP contribution in [0.15, 0.2) is 88.6 Å². The molecule has 0 saturated carbocycles. The minimum absolute atomic E-state index is 0.291. The molecular formula is C21H15N3O2S. The Kier molecular flexibility index (Phi) is 4.89. The van der Waals surface area contributed by atoms with Crippen molar-refractivity contribution in [2.24, 2.45) is 5.10 Å². The maximum atomic E-state index is 12.8. The highest BCUT2D eigenvalue weighted by molar-refractivity contribution is 7.22. The minimum atomic E-state index is -0.291. The largest absolute Gasteiger partial charge is 0.463 e. The molecule has 0 spiro atoms. The van der Waals surface area contributed by atoms with E-state index in [-0.39, 0.29) is 5.91 Å². The molecule has 0 atom stereocenters. The van der Waals surface area contributed by atoms with Gasteiger partial charge in [0.05, 0.1) is 22.7 Å². The summed E-state index contributed by atoms with van der Waals surface area (Å²) in [4.78, 5) is 17.3. The van der Waals surface area contributed by atoms with Gasteiger partial charge in [-0.1, -0.05) is 53.8 Å². The molecule has 0 radical (unpaired) electrons. The van der Waals surface area contributed by atoms with Crippen molar-refractivity contribution in [3.05, 3.63) is 90.4 Å². The topological polar surface area (TPSA) is 58.7 Å². The van der Waals surface area contributed by atoms with E-state index < -0.39 is 0 Å². The third kappa shape index (κ3) is 4.02. The van der Waals surface area contributed by atoms with Crippen LogP contribution in [0.2, 0.25) is 0 Å². The lowest BCUT2D eigenvalue weighted by Crippen LogP contribution is -2.23. The second-order valence-electron chi connectivity index (χ2n) is 5.62. The fourth-order valence-corrected chi connectivity index (χ4v) is 3.36. The molecule has 132 valence electrons. The van der Waals surface area contributed by atoms with Crippen LogP contribution >= 0.6 is 11.3 Å². The van der Waals surface area contributed by atoms with Crippen LogP contribution in [0.5, 0.6) is 0 Å². The van der Waals surface area contributed by atoms with Gasteiger partial charge in [0.25, 0.3) is 5.91 Å². The van der Waals surface area contributed by atoms with Crippen LogP contribution in [0.4, 0.5) is 5.13 Å². The molecule has 0 saturated heterocycles. The summed E-state index contributed by atoms with van der Waals surface area (Å²) in [6, 6.07) is 20.9. The summed E-state index contributed by atoms with van der Waals surface area (Å²) in [5, 5.41) is 6.09. The van der Waals surface area contributed by atoms with E-state index >= 15 is 0 Å². The predicted molar refractivity (Wildman–Crippen MR) is 109 cm³/mol. The van der Waals surface area contributed by atoms with Gasteiger partial charge in [-0.2, -0.15) is 10.1 Å². The zero-order valence-electron chi connectivity index (χ0n) is 14.2. The van der Waals surface area contributed by atoms with Crippen molar-refractivity contribution in [2.45, 2.75) is 0 Å². The molecule has 0 aliphatic rings. The second-order valence-corrected chi connectivity index (χ2v) is 6.63. The number of aromatic nitrogens is 1. The van der Waals surface area contributed by atoms with Crippen molar-refractivity contribution in [1.82, 2.24) is 4.98 Å². The first kappa shape index (κ1) is 16.9. The van der Waals surface area contributed by atoms with E-state index in [4.69, 9.17) is 4.42 Å². The highest BCUT2D eigenvalue weighted by Gasteiger charge is 2.17. The summed E-state index contributed by atoms with van der Waals surface area (Å²) >= 11 is 1.41. The number of rotatable bonds is 5. The van der Waals surface area contributed by atoms with Crippen molar-refractivity contribution in [1.29, 1.82) is 0 Å². The molecule has 0 N–H and O–H groups in total. The summed E-state index contributed by atoms with van der Waals surface area (Å²) in [5.41, 5.74) is 1.76. The van der Waals surface area contributed by atoms with Crippen LogP contribution in [0.25, 0.3) is 16.3 Å². The van der Waals surface area contributed by atoms with E-state index in [1.54, 1.807) is 24.5 Å². The van der Waals surface area contributed by atoms with Gasteiger partial charge in [-0.3, -0.25) is 4.79 Å². The highest BCUT2D eigenvalue weighted by atomic mass is 32.1. The first-order valence-electron chi connectivity index (χ1n) is 8.30. The number of carbonyl (C=O) groups excluding carboxylic acids is 1. The Morgan fingerprint density at radius 2 is 1.85 bits per heavy atom. The van der Waals surface area contributed by atoms with Gasteiger partial charge in [-0.15, -0.1) is 0 Å². The summed E-state index contributed by atoms with van der Waals surface area (Å²) < 4.78 is 6.26. The van der Waals surface area contributed by atoms with E-state index in [1.165, 1.54) is 28.6 Å². The molecule has 0 unspecified atom stereocenters. The van der Waals surface area contributed by atoms with Crippen molar-refractivity contribution < 1.29 is 9.21 Å². The van der Waals surface area contributed by atoms with Gasteiger partial charge < -0.3 is 4.42 Å². The molecular weight excluding hydrogens is 358 g/mol. The third-order valence-corrected chi connectivity index (χ3v) is 4.75. The SMILES string of the molecule is O=C(/C=C/c1ccccc1)N(/N=C\c1ccco1)c1nc2ccccc2s1. The molecule has 2 aromatic carbocycles. The molecule has 0 aliphatic carbocycles. The van der Waals surface area contributed by atoms with Crippen LogP contribution in [0, 0.1) is 0 Å². The first-order chi connectivity index (χ1) is 13.3. The molecule has 0 fully saturated rings. The van der Waals surface area contributed by atoms with E-state index in [1.807, 2.05) is 54.6 Å². The molecule has 4 aromatic rings. The van der Waals surface area contributed by atoms with Crippen LogP contribution in [-0.2, 0) is 4.79 Å². The van der Waals surface area contributed by atoms with E-state index in [2.05, 4.69) is 10.1 Å². The number of carbonyl (C=O) groups is 1. The fourth-order valence-electron chi connectivity index (χ4n) is 2.43. The van der Waals surface area contributed by atoms with Gasteiger partial charge in [0.15, 0.2) is 0 Å². The average molecular weight is 373 g/mol. The van der Waals surface area contributed by atoms with Crippen LogP contribution < -0.4 is 5.01 Å². The Bertz CT molecular complexity index is 1070. The number of anilines is 1. The Morgan fingerprint density at radius 1 is 1.04 bits per heavy atom. The number of hydrogen-bond donors (Lipinski definition) is 0. The zero-order chi connectivity index (χ0) is 18.5. The van der Waals surface area contributed by atoms with Gasteiger partial charge in [0.1, 0.15) is 5.76 Å². The number of amides is 1. The Hall–Kier alpha value is -3.51. The maximum Gasteiger partial charge on any atom is 0.273 e. The number of para-hydroxylation sites is 1. The van der Waals surface area contributed by atoms with Crippen molar-refractivity contribution >= 4 is 44.9 Å². The molecule has 0 aliphatic heterocycles. The van der Waals surface area contributed by atoms with Crippen molar-refractivity contribution in [2.75, 3.05) is 5.01 Å². The normalized spacial score (nSPS) is 11.6. The molecule has 2 heterocycles. The summed E-state index contributed by atoms with van der Waals surface area (Å²) in [6.45, 7) is 0. The van der Waals surface area contributed by atoms with Gasteiger partial charge in [0.2, 0.25) is 5.13 Å². The number of fused-ring (bicyclic) bond motifs is 1. The molecule has 2 aromatic heterocycles. The molecule has 5 nitrogen and oxygen atoms in total. The number of thiazole rings is 1. The molecule has 1 amide bonds. The highest BCUT2D eigenvalue weighted by Crippen LogP contribution is 2.29. The van der Waals surface area contributed by atoms with Gasteiger partial charge in [0, 0.05) is 6.08 Å². The van der Waals surface area contributed by atoms with Crippen molar-refractivity contribution in [3.63, 3.8) is 0 Å². The monoisotopic (exact) mass is 373 g/mol. The molecule has 0 bridgehead atoms. The smallest absolute Gasteiger partial charge is 0.273 e. The lowest BCUT2D eigenvalue weighted by Gasteiger charge is -2.10. The molecule has 4 rings (SSSR count). The third-order valence-electron chi connectivity index (χ3n) is 3.73. The second kappa shape index (κ2) is 7.80. The van der Waals surface area contributed by atoms with E-state index in [0.29, 0.717) is 10.9 Å². The lowest BCUT2D eigenvalue weighted by molar-refractivity contribution is -0.114. The average Bonchev–Trinajstić information content (AvgIpc) is 3.37. The maximum absolute atomic E-state index is 12.8. The summed E-state index contributed by atoms with van der Waals surface area (Å²) in [5.74, 6) is 0.265. The van der Waals surface area contributed by atoms with Crippen LogP contribution in [-0.4, -0.2) is 17.1 Å². The Labute approximate surface area is 159 Å². The zero-order valence-corrected chi connectivity index (χ0v) is 15.0. The van der Waals surface area contributed by atoms with Gasteiger partial charge in [-0.25, -0.2) is 4.98 Å². The standard InChI is InChI=1S/C21H15N3O2S/c25-20(13-12-16-7-2-1-3-8-16)24(22-15-17-9-6-14-26-17)21-23-18-10-4-5-11-19(18)27-21/h1-15H/b13-12+,22-15-. The Balaban J connectivity index is 1.66. The van der Waals surface area contributed by atoms with Gasteiger partial charge >= 0.3 is 0 Å². The van der Waals surface area contributed by atoms with E-state index in [0.717, 1.165) is 15.8 Å². The van der Waals surface area contributed by atoms with E-state index in [9.17, 15) is 4.79 Å². The molecule has 6 heteroatoms. The summed E-state index contributed by atoms with van der Waals surface area (Å²) in [7, 11) is 0. The first-order valence-corrected chi connectivity index (χ1v) is 9.11. The predicted octanol–water partition coefficient (Wildman–Crippen LogP) is 4.97. The minimum Gasteiger partial charge on any atom is -0.463 e. The van der Waals surface area contributed by atoms with Crippen LogP contribution in [0.3, 0.4) is 0 Å². The number of nitrogens with zero attached hydrogens (tertiary/aromatic N) is 3. The Morgan fingerprint density at radius 3 is 2.63 bits per heavy atom. The number of furan rings is 1.